The fourth-order valence-electron chi connectivity index (χ4n) is 2.96. The molecule has 0 saturated carbocycles. The van der Waals surface area contributed by atoms with Crippen molar-refractivity contribution in [1.82, 2.24) is 10.2 Å². The van der Waals surface area contributed by atoms with E-state index in [0.717, 1.165) is 24.3 Å². The van der Waals surface area contributed by atoms with Gasteiger partial charge in [-0.25, -0.2) is 4.79 Å². The zero-order chi connectivity index (χ0) is 18.4. The first-order valence-electron chi connectivity index (χ1n) is 9.06. The maximum atomic E-state index is 12.4. The van der Waals surface area contributed by atoms with Crippen molar-refractivity contribution < 1.29 is 14.3 Å². The number of para-hydroxylation sites is 2. The fourth-order valence-corrected chi connectivity index (χ4v) is 2.96. The average Bonchev–Trinajstić information content (AvgIpc) is 2.67. The van der Waals surface area contributed by atoms with Crippen LogP contribution in [0.25, 0.3) is 0 Å². The molecule has 2 aromatic carbocycles. The number of carbonyl (C=O) groups is 1. The number of benzene rings is 2. The first-order chi connectivity index (χ1) is 12.6. The predicted octanol–water partition coefficient (Wildman–Crippen LogP) is 3.49. The van der Waals surface area contributed by atoms with Gasteiger partial charge in [0.15, 0.2) is 17.6 Å². The second-order valence-electron chi connectivity index (χ2n) is 6.75. The maximum absolute atomic E-state index is 12.4. The van der Waals surface area contributed by atoms with Crippen LogP contribution in [-0.4, -0.2) is 43.3 Å². The third-order valence-electron chi connectivity index (χ3n) is 4.47. The van der Waals surface area contributed by atoms with Gasteiger partial charge in [-0.15, -0.1) is 0 Å². The number of fused-ring (bicyclic) bond motifs is 1. The average molecular weight is 354 g/mol. The zero-order valence-corrected chi connectivity index (χ0v) is 15.4. The van der Waals surface area contributed by atoms with Crippen molar-refractivity contribution >= 4 is 6.03 Å². The molecule has 0 aromatic heterocycles. The monoisotopic (exact) mass is 354 g/mol. The van der Waals surface area contributed by atoms with Gasteiger partial charge in [0, 0.05) is 13.1 Å². The van der Waals surface area contributed by atoms with Gasteiger partial charge in [0.25, 0.3) is 0 Å². The number of nitrogens with one attached hydrogen (secondary N) is 1. The van der Waals surface area contributed by atoms with Crippen molar-refractivity contribution in [3.05, 3.63) is 60.2 Å². The highest BCUT2D eigenvalue weighted by atomic mass is 16.6. The van der Waals surface area contributed by atoms with Gasteiger partial charge in [-0.3, -0.25) is 0 Å². The molecular formula is C21H26N2O3. The van der Waals surface area contributed by atoms with E-state index in [1.165, 1.54) is 5.56 Å². The van der Waals surface area contributed by atoms with Crippen LogP contribution in [0.2, 0.25) is 0 Å². The highest BCUT2D eigenvalue weighted by Crippen LogP contribution is 2.30. The van der Waals surface area contributed by atoms with Gasteiger partial charge in [-0.2, -0.15) is 0 Å². The lowest BCUT2D eigenvalue weighted by Gasteiger charge is -2.30. The van der Waals surface area contributed by atoms with Crippen LogP contribution in [-0.2, 0) is 6.42 Å². The first-order valence-corrected chi connectivity index (χ1v) is 9.06. The number of hydrogen-bond acceptors (Lipinski definition) is 3. The van der Waals surface area contributed by atoms with Crippen LogP contribution >= 0.6 is 0 Å². The lowest BCUT2D eigenvalue weighted by molar-refractivity contribution is 0.0712. The Hall–Kier alpha value is -2.69. The third kappa shape index (κ3) is 4.91. The molecule has 0 fully saturated rings. The minimum Gasteiger partial charge on any atom is -0.486 e. The number of aryl methyl sites for hydroxylation is 1. The molecule has 1 aliphatic rings. The Balaban J connectivity index is 1.43. The van der Waals surface area contributed by atoms with E-state index in [9.17, 15) is 4.79 Å². The highest BCUT2D eigenvalue weighted by molar-refractivity contribution is 5.74. The highest BCUT2D eigenvalue weighted by Gasteiger charge is 2.24. The lowest BCUT2D eigenvalue weighted by Crippen LogP contribution is -2.47. The Labute approximate surface area is 154 Å². The maximum Gasteiger partial charge on any atom is 0.317 e. The molecule has 0 bridgehead atoms. The van der Waals surface area contributed by atoms with Crippen molar-refractivity contribution in [2.45, 2.75) is 31.9 Å². The van der Waals surface area contributed by atoms with Crippen molar-refractivity contribution in [3.8, 4) is 11.5 Å². The van der Waals surface area contributed by atoms with Gasteiger partial charge >= 0.3 is 6.03 Å². The van der Waals surface area contributed by atoms with Gasteiger partial charge in [0.1, 0.15) is 6.61 Å². The molecule has 1 aliphatic heterocycles. The summed E-state index contributed by atoms with van der Waals surface area (Å²) >= 11 is 0. The van der Waals surface area contributed by atoms with Crippen LogP contribution in [0.5, 0.6) is 11.5 Å². The summed E-state index contributed by atoms with van der Waals surface area (Å²) in [4.78, 5) is 14.1. The molecule has 5 nitrogen and oxygen atoms in total. The number of likely N-dealkylation sites (N-methyl/N-ethyl adjacent to an activating group) is 1. The number of carbonyl (C=O) groups excluding carboxylic acids is 1. The SMILES string of the molecule is C[C@H](CCc1ccccc1)NC(=O)N(C)C[C@H]1COc2ccccc2O1. The van der Waals surface area contributed by atoms with E-state index in [4.69, 9.17) is 9.47 Å². The predicted molar refractivity (Wildman–Crippen MR) is 102 cm³/mol. The van der Waals surface area contributed by atoms with Crippen molar-refractivity contribution in [1.29, 1.82) is 0 Å². The molecule has 1 heterocycles. The topological polar surface area (TPSA) is 50.8 Å². The molecular weight excluding hydrogens is 328 g/mol. The van der Waals surface area contributed by atoms with E-state index in [1.807, 2.05) is 49.4 Å². The number of urea groups is 1. The smallest absolute Gasteiger partial charge is 0.317 e. The summed E-state index contributed by atoms with van der Waals surface area (Å²) in [5.41, 5.74) is 1.29. The van der Waals surface area contributed by atoms with Crippen LogP contribution in [0.15, 0.2) is 54.6 Å². The Kier molecular flexibility index (Phi) is 6.00. The molecule has 0 unspecified atom stereocenters. The van der Waals surface area contributed by atoms with E-state index < -0.39 is 0 Å². The molecule has 0 aliphatic carbocycles. The Morgan fingerprint density at radius 3 is 2.62 bits per heavy atom. The Morgan fingerprint density at radius 2 is 1.85 bits per heavy atom. The molecule has 0 saturated heterocycles. The van der Waals surface area contributed by atoms with E-state index in [0.29, 0.717) is 13.2 Å². The third-order valence-corrected chi connectivity index (χ3v) is 4.47. The molecule has 5 heteroatoms. The quantitative estimate of drug-likeness (QED) is 0.864. The second kappa shape index (κ2) is 8.61. The molecule has 138 valence electrons. The number of amides is 2. The van der Waals surface area contributed by atoms with Gasteiger partial charge in [-0.05, 0) is 37.5 Å². The van der Waals surface area contributed by atoms with Crippen molar-refractivity contribution in [2.24, 2.45) is 0 Å². The van der Waals surface area contributed by atoms with Gasteiger partial charge in [-0.1, -0.05) is 42.5 Å². The van der Waals surface area contributed by atoms with E-state index in [1.54, 1.807) is 11.9 Å². The molecule has 2 atom stereocenters. The number of ether oxygens (including phenoxy) is 2. The van der Waals surface area contributed by atoms with Gasteiger partial charge in [0.2, 0.25) is 0 Å². The summed E-state index contributed by atoms with van der Waals surface area (Å²) in [6.07, 6.45) is 1.68. The van der Waals surface area contributed by atoms with Crippen molar-refractivity contribution in [2.75, 3.05) is 20.2 Å². The van der Waals surface area contributed by atoms with Crippen LogP contribution in [0.3, 0.4) is 0 Å². The molecule has 26 heavy (non-hydrogen) atoms. The number of rotatable bonds is 6. The first kappa shape index (κ1) is 18.1. The second-order valence-corrected chi connectivity index (χ2v) is 6.75. The summed E-state index contributed by atoms with van der Waals surface area (Å²) in [6.45, 7) is 2.95. The Morgan fingerprint density at radius 1 is 1.15 bits per heavy atom. The minimum atomic E-state index is -0.166. The summed E-state index contributed by atoms with van der Waals surface area (Å²) in [6, 6.07) is 17.9. The summed E-state index contributed by atoms with van der Waals surface area (Å²) in [5.74, 6) is 1.49. The molecule has 1 N–H and O–H groups in total. The molecule has 0 radical (unpaired) electrons. The summed E-state index contributed by atoms with van der Waals surface area (Å²) < 4.78 is 11.6. The zero-order valence-electron chi connectivity index (χ0n) is 15.4. The normalized spacial score (nSPS) is 16.6. The minimum absolute atomic E-state index is 0.0898. The molecule has 0 spiro atoms. The fraction of sp³-hybridized carbons (Fsp3) is 0.381. The molecule has 3 rings (SSSR count). The summed E-state index contributed by atoms with van der Waals surface area (Å²) in [5, 5.41) is 3.05. The molecule has 2 aromatic rings. The van der Waals surface area contributed by atoms with Crippen LogP contribution in [0.4, 0.5) is 4.79 Å². The van der Waals surface area contributed by atoms with E-state index in [-0.39, 0.29) is 18.2 Å². The van der Waals surface area contributed by atoms with E-state index in [2.05, 4.69) is 17.4 Å². The van der Waals surface area contributed by atoms with Crippen molar-refractivity contribution in [3.63, 3.8) is 0 Å². The van der Waals surface area contributed by atoms with Gasteiger partial charge < -0.3 is 19.7 Å². The Bertz CT molecular complexity index is 720. The van der Waals surface area contributed by atoms with Crippen LogP contribution in [0, 0.1) is 0 Å². The van der Waals surface area contributed by atoms with Crippen LogP contribution in [0.1, 0.15) is 18.9 Å². The number of nitrogens with zero attached hydrogens (tertiary/aromatic N) is 1. The van der Waals surface area contributed by atoms with E-state index >= 15 is 0 Å². The largest absolute Gasteiger partial charge is 0.486 e. The van der Waals surface area contributed by atoms with Gasteiger partial charge in [0.05, 0.1) is 6.54 Å². The van der Waals surface area contributed by atoms with Crippen LogP contribution < -0.4 is 14.8 Å². The molecule has 2 amide bonds. The number of hydrogen-bond donors (Lipinski definition) is 1. The lowest BCUT2D eigenvalue weighted by atomic mass is 10.1. The standard InChI is InChI=1S/C21H26N2O3/c1-16(12-13-17-8-4-3-5-9-17)22-21(24)23(2)14-18-15-25-19-10-6-7-11-20(19)26-18/h3-11,16,18H,12-15H2,1-2H3,(H,22,24)/t16-,18+/m1/s1. The summed E-state index contributed by atoms with van der Waals surface area (Å²) in [7, 11) is 1.78.